The van der Waals surface area contributed by atoms with Crippen LogP contribution in [0.25, 0.3) is 11.3 Å². The Morgan fingerprint density at radius 3 is 2.42 bits per heavy atom. The summed E-state index contributed by atoms with van der Waals surface area (Å²) in [6, 6.07) is 7.47. The Morgan fingerprint density at radius 2 is 1.82 bits per heavy atom. The van der Waals surface area contributed by atoms with Gasteiger partial charge in [0.1, 0.15) is 28.8 Å². The van der Waals surface area contributed by atoms with Gasteiger partial charge in [-0.2, -0.15) is 0 Å². The Kier molecular flexibility index (Phi) is 6.39. The van der Waals surface area contributed by atoms with Crippen LogP contribution >= 0.6 is 0 Å². The summed E-state index contributed by atoms with van der Waals surface area (Å²) in [7, 11) is 3.21. The number of aromatic nitrogens is 4. The number of hydrogen-bond donors (Lipinski definition) is 2. The number of nitrogens with zero attached hydrogens (tertiary/aromatic N) is 4. The number of hydrogen-bond acceptors (Lipinski definition) is 6. The number of nitrogens with one attached hydrogen (secondary N) is 2. The van der Waals surface area contributed by atoms with E-state index < -0.39 is 0 Å². The molecule has 1 fully saturated rings. The molecule has 172 valence electrons. The van der Waals surface area contributed by atoms with E-state index in [0.29, 0.717) is 41.6 Å². The van der Waals surface area contributed by atoms with E-state index in [2.05, 4.69) is 20.3 Å². The number of carbonyl (C=O) groups is 2. The molecule has 1 aromatic carbocycles. The zero-order chi connectivity index (χ0) is 23.5. The lowest BCUT2D eigenvalue weighted by Crippen LogP contribution is -2.38. The first-order valence-electron chi connectivity index (χ1n) is 11.0. The molecule has 1 aliphatic rings. The topological polar surface area (TPSA) is 113 Å². The van der Waals surface area contributed by atoms with E-state index in [9.17, 15) is 9.59 Å². The van der Waals surface area contributed by atoms with E-state index in [1.807, 2.05) is 43.0 Å². The van der Waals surface area contributed by atoms with E-state index in [1.165, 1.54) is 0 Å². The van der Waals surface area contributed by atoms with E-state index >= 15 is 0 Å². The normalized spacial score (nSPS) is 14.2. The predicted octanol–water partition coefficient (Wildman–Crippen LogP) is 2.87. The van der Waals surface area contributed by atoms with Gasteiger partial charge in [0, 0.05) is 37.8 Å². The number of imidazole rings is 1. The Balaban J connectivity index is 1.52. The van der Waals surface area contributed by atoms with E-state index in [4.69, 9.17) is 9.72 Å². The van der Waals surface area contributed by atoms with Crippen LogP contribution in [0.4, 0.5) is 0 Å². The van der Waals surface area contributed by atoms with Crippen molar-refractivity contribution in [1.82, 2.24) is 30.2 Å². The van der Waals surface area contributed by atoms with Crippen molar-refractivity contribution >= 4 is 11.8 Å². The van der Waals surface area contributed by atoms with Crippen molar-refractivity contribution in [1.29, 1.82) is 0 Å². The molecule has 33 heavy (non-hydrogen) atoms. The number of amides is 2. The number of likely N-dealkylation sites (tertiary alicyclic amines) is 1. The number of methoxy groups -OCH3 is 1. The molecule has 0 unspecified atom stereocenters. The van der Waals surface area contributed by atoms with Crippen molar-refractivity contribution in [2.24, 2.45) is 0 Å². The smallest absolute Gasteiger partial charge is 0.269 e. The summed E-state index contributed by atoms with van der Waals surface area (Å²) in [6.45, 7) is 4.84. The van der Waals surface area contributed by atoms with Gasteiger partial charge >= 0.3 is 0 Å². The minimum absolute atomic E-state index is 0.0460. The van der Waals surface area contributed by atoms with Gasteiger partial charge in [0.25, 0.3) is 11.8 Å². The number of aryl methyl sites for hydroxylation is 2. The summed E-state index contributed by atoms with van der Waals surface area (Å²) in [6.07, 6.45) is 3.11. The highest BCUT2D eigenvalue weighted by Crippen LogP contribution is 2.31. The van der Waals surface area contributed by atoms with Gasteiger partial charge in [-0.05, 0) is 51.0 Å². The van der Waals surface area contributed by atoms with E-state index in [1.54, 1.807) is 20.4 Å². The van der Waals surface area contributed by atoms with Crippen LogP contribution in [0.5, 0.6) is 5.75 Å². The lowest BCUT2D eigenvalue weighted by molar-refractivity contribution is 0.0709. The fourth-order valence-corrected chi connectivity index (χ4v) is 4.15. The van der Waals surface area contributed by atoms with Gasteiger partial charge in [-0.15, -0.1) is 0 Å². The Bertz CT molecular complexity index is 1160. The first-order valence-corrected chi connectivity index (χ1v) is 11.0. The quantitative estimate of drug-likeness (QED) is 0.621. The van der Waals surface area contributed by atoms with E-state index in [-0.39, 0.29) is 17.7 Å². The lowest BCUT2D eigenvalue weighted by atomic mass is 9.95. The first kappa shape index (κ1) is 22.4. The van der Waals surface area contributed by atoms with Crippen molar-refractivity contribution in [3.05, 3.63) is 59.1 Å². The third-order valence-electron chi connectivity index (χ3n) is 6.04. The second kappa shape index (κ2) is 9.40. The maximum Gasteiger partial charge on any atom is 0.269 e. The summed E-state index contributed by atoms with van der Waals surface area (Å²) in [5.41, 5.74) is 3.11. The van der Waals surface area contributed by atoms with Gasteiger partial charge in [0.15, 0.2) is 0 Å². The largest absolute Gasteiger partial charge is 0.497 e. The molecule has 9 nitrogen and oxygen atoms in total. The van der Waals surface area contributed by atoms with Crippen LogP contribution < -0.4 is 10.1 Å². The number of ether oxygens (including phenoxy) is 1. The summed E-state index contributed by atoms with van der Waals surface area (Å²) in [5.74, 6) is 2.01. The highest BCUT2D eigenvalue weighted by Gasteiger charge is 2.29. The van der Waals surface area contributed by atoms with Crippen LogP contribution in [0, 0.1) is 13.8 Å². The van der Waals surface area contributed by atoms with Crippen molar-refractivity contribution in [2.45, 2.75) is 32.6 Å². The van der Waals surface area contributed by atoms with Crippen molar-refractivity contribution in [3.63, 3.8) is 0 Å². The highest BCUT2D eigenvalue weighted by atomic mass is 16.5. The van der Waals surface area contributed by atoms with Gasteiger partial charge < -0.3 is 19.9 Å². The highest BCUT2D eigenvalue weighted by molar-refractivity contribution is 5.98. The molecule has 0 atom stereocenters. The molecule has 0 radical (unpaired) electrons. The molecule has 1 aliphatic heterocycles. The molecule has 2 N–H and O–H groups in total. The maximum absolute atomic E-state index is 13.0. The monoisotopic (exact) mass is 448 g/mol. The van der Waals surface area contributed by atoms with Crippen LogP contribution in [-0.4, -0.2) is 63.9 Å². The van der Waals surface area contributed by atoms with Gasteiger partial charge in [0.05, 0.1) is 18.4 Å². The number of H-pyrrole nitrogens is 1. The van der Waals surface area contributed by atoms with E-state index in [0.717, 1.165) is 30.0 Å². The molecule has 3 heterocycles. The fourth-order valence-electron chi connectivity index (χ4n) is 4.15. The average molecular weight is 449 g/mol. The van der Waals surface area contributed by atoms with Crippen molar-refractivity contribution in [2.75, 3.05) is 27.2 Å². The zero-order valence-corrected chi connectivity index (χ0v) is 19.3. The van der Waals surface area contributed by atoms with Crippen molar-refractivity contribution < 1.29 is 14.3 Å². The predicted molar refractivity (Wildman–Crippen MR) is 123 cm³/mol. The summed E-state index contributed by atoms with van der Waals surface area (Å²) in [4.78, 5) is 43.8. The Hall–Kier alpha value is -3.75. The number of piperidine rings is 1. The third kappa shape index (κ3) is 4.57. The number of carbonyl (C=O) groups excluding carboxylic acids is 2. The van der Waals surface area contributed by atoms with Gasteiger partial charge in [-0.1, -0.05) is 0 Å². The molecular formula is C24H28N6O3. The first-order chi connectivity index (χ1) is 15.9. The number of rotatable bonds is 5. The van der Waals surface area contributed by atoms with Gasteiger partial charge in [-0.25, -0.2) is 15.0 Å². The summed E-state index contributed by atoms with van der Waals surface area (Å²) < 4.78 is 5.23. The van der Waals surface area contributed by atoms with Crippen LogP contribution in [0.2, 0.25) is 0 Å². The Labute approximate surface area is 192 Å². The van der Waals surface area contributed by atoms with Crippen LogP contribution in [0.3, 0.4) is 0 Å². The van der Waals surface area contributed by atoms with Crippen LogP contribution in [0.1, 0.15) is 56.9 Å². The molecule has 4 rings (SSSR count). The number of aromatic amines is 1. The molecule has 0 spiro atoms. The van der Waals surface area contributed by atoms with Crippen LogP contribution in [0.15, 0.2) is 30.5 Å². The minimum Gasteiger partial charge on any atom is -0.497 e. The molecular weight excluding hydrogens is 420 g/mol. The van der Waals surface area contributed by atoms with Gasteiger partial charge in [0.2, 0.25) is 0 Å². The number of benzene rings is 1. The zero-order valence-electron chi connectivity index (χ0n) is 19.3. The molecule has 3 aromatic rings. The molecule has 2 amide bonds. The molecule has 0 bridgehead atoms. The average Bonchev–Trinajstić information content (AvgIpc) is 3.29. The molecule has 9 heteroatoms. The SMILES string of the molecule is CNC(=O)c1[nH]c(C2CCN(C(=O)c3cnc(C)nc3C)CC2)nc1-c1ccc(OC)cc1. The minimum atomic E-state index is -0.220. The van der Waals surface area contributed by atoms with Crippen molar-refractivity contribution in [3.8, 4) is 17.0 Å². The fraction of sp³-hybridized carbons (Fsp3) is 0.375. The third-order valence-corrected chi connectivity index (χ3v) is 6.04. The molecule has 1 saturated heterocycles. The Morgan fingerprint density at radius 1 is 1.12 bits per heavy atom. The molecule has 2 aromatic heterocycles. The standard InChI is InChI=1S/C24H28N6O3/c1-14-19(13-26-15(2)27-14)24(32)30-11-9-17(10-12-30)22-28-20(21(29-22)23(31)25-3)16-5-7-18(33-4)8-6-16/h5-8,13,17H,9-12H2,1-4H3,(H,25,31)(H,28,29). The molecule has 0 saturated carbocycles. The maximum atomic E-state index is 13.0. The summed E-state index contributed by atoms with van der Waals surface area (Å²) >= 11 is 0. The van der Waals surface area contributed by atoms with Crippen LogP contribution in [-0.2, 0) is 0 Å². The second-order valence-corrected chi connectivity index (χ2v) is 8.14. The lowest BCUT2D eigenvalue weighted by Gasteiger charge is -2.31. The second-order valence-electron chi connectivity index (χ2n) is 8.14. The van der Waals surface area contributed by atoms with Gasteiger partial charge in [-0.3, -0.25) is 9.59 Å². The summed E-state index contributed by atoms with van der Waals surface area (Å²) in [5, 5.41) is 2.68. The molecule has 0 aliphatic carbocycles.